The summed E-state index contributed by atoms with van der Waals surface area (Å²) < 4.78 is 35.9. The van der Waals surface area contributed by atoms with Gasteiger partial charge in [0.2, 0.25) is 5.28 Å². The third-order valence-corrected chi connectivity index (χ3v) is 8.28. The van der Waals surface area contributed by atoms with Crippen LogP contribution in [0.4, 0.5) is 10.6 Å². The summed E-state index contributed by atoms with van der Waals surface area (Å²) >= 11 is 6.28. The molecule has 0 N–H and O–H groups in total. The van der Waals surface area contributed by atoms with Crippen molar-refractivity contribution in [2.75, 3.05) is 44.0 Å². The van der Waals surface area contributed by atoms with Crippen molar-refractivity contribution in [3.63, 3.8) is 0 Å². The molecule has 0 bridgehead atoms. The highest BCUT2D eigenvalue weighted by atomic mass is 35.5. The van der Waals surface area contributed by atoms with Crippen LogP contribution >= 0.6 is 11.6 Å². The van der Waals surface area contributed by atoms with E-state index in [0.29, 0.717) is 31.3 Å². The Hall–Kier alpha value is -1.65. The number of hydrogen-bond acceptors (Lipinski definition) is 8. The van der Waals surface area contributed by atoms with Gasteiger partial charge in [-0.15, -0.1) is 0 Å². The van der Waals surface area contributed by atoms with Gasteiger partial charge in [-0.3, -0.25) is 0 Å². The lowest BCUT2D eigenvalue weighted by atomic mass is 9.92. The highest BCUT2D eigenvalue weighted by Crippen LogP contribution is 2.41. The number of piperidine rings is 1. The number of amides is 1. The molecular formula is C21H33ClN4O5S. The first kappa shape index (κ1) is 25.0. The summed E-state index contributed by atoms with van der Waals surface area (Å²) in [6.45, 7) is 9.75. The van der Waals surface area contributed by atoms with Crippen LogP contribution in [0.25, 0.3) is 0 Å². The molecule has 9 nitrogen and oxygen atoms in total. The van der Waals surface area contributed by atoms with Gasteiger partial charge in [0.15, 0.2) is 9.84 Å². The standard InChI is InChI=1S/C21H33ClN4O5S/c1-6-15-14-30-12-11-26(15)17-13-16(23-18(22)24-17)21(32(5,28)29)7-9-25(10-8-21)19(27)31-20(2,3)4/h13,15H,6-12,14H2,1-5H3/t15-/m0/s1. The summed E-state index contributed by atoms with van der Waals surface area (Å²) in [5, 5.41) is 0.0106. The first-order valence-corrected chi connectivity index (χ1v) is 13.2. The van der Waals surface area contributed by atoms with Gasteiger partial charge in [0.05, 0.1) is 24.9 Å². The quantitative estimate of drug-likeness (QED) is 0.596. The summed E-state index contributed by atoms with van der Waals surface area (Å²) in [4.78, 5) is 24.9. The van der Waals surface area contributed by atoms with E-state index >= 15 is 0 Å². The Bertz CT molecular complexity index is 942. The van der Waals surface area contributed by atoms with Gasteiger partial charge < -0.3 is 19.3 Å². The van der Waals surface area contributed by atoms with Crippen LogP contribution in [0.5, 0.6) is 0 Å². The Kier molecular flexibility index (Phi) is 7.26. The highest BCUT2D eigenvalue weighted by molar-refractivity contribution is 7.91. The highest BCUT2D eigenvalue weighted by Gasteiger charge is 2.48. The summed E-state index contributed by atoms with van der Waals surface area (Å²) in [7, 11) is -3.58. The predicted molar refractivity (Wildman–Crippen MR) is 123 cm³/mol. The number of nitrogens with zero attached hydrogens (tertiary/aromatic N) is 4. The van der Waals surface area contributed by atoms with Crippen LogP contribution in [0, 0.1) is 0 Å². The topological polar surface area (TPSA) is 102 Å². The number of morpholine rings is 1. The van der Waals surface area contributed by atoms with E-state index in [1.807, 2.05) is 0 Å². The maximum absolute atomic E-state index is 13.1. The summed E-state index contributed by atoms with van der Waals surface area (Å²) in [6.07, 6.45) is 2.05. The molecule has 11 heteroatoms. The van der Waals surface area contributed by atoms with Crippen molar-refractivity contribution in [3.05, 3.63) is 17.0 Å². The van der Waals surface area contributed by atoms with Crippen molar-refractivity contribution < 1.29 is 22.7 Å². The number of likely N-dealkylation sites (tertiary alicyclic amines) is 1. The number of aromatic nitrogens is 2. The number of carbonyl (C=O) groups is 1. The van der Waals surface area contributed by atoms with Crippen LogP contribution in [0.1, 0.15) is 52.7 Å². The molecule has 0 spiro atoms. The molecule has 1 atom stereocenters. The van der Waals surface area contributed by atoms with Crippen molar-refractivity contribution in [2.24, 2.45) is 0 Å². The van der Waals surface area contributed by atoms with Gasteiger partial charge in [-0.05, 0) is 51.6 Å². The number of halogens is 1. The molecule has 2 aliphatic heterocycles. The summed E-state index contributed by atoms with van der Waals surface area (Å²) in [5.74, 6) is 0.604. The number of ether oxygens (including phenoxy) is 2. The van der Waals surface area contributed by atoms with E-state index in [1.54, 1.807) is 31.7 Å². The summed E-state index contributed by atoms with van der Waals surface area (Å²) in [5.41, 5.74) is -0.244. The van der Waals surface area contributed by atoms with Gasteiger partial charge in [-0.1, -0.05) is 6.92 Å². The third-order valence-electron chi connectivity index (χ3n) is 6.08. The van der Waals surface area contributed by atoms with Crippen molar-refractivity contribution in [1.29, 1.82) is 0 Å². The minimum atomic E-state index is -3.58. The number of hydrogen-bond donors (Lipinski definition) is 0. The Morgan fingerprint density at radius 1 is 1.28 bits per heavy atom. The van der Waals surface area contributed by atoms with Gasteiger partial charge >= 0.3 is 6.09 Å². The van der Waals surface area contributed by atoms with E-state index in [9.17, 15) is 13.2 Å². The second kappa shape index (κ2) is 9.30. The first-order valence-electron chi connectivity index (χ1n) is 10.9. The second-order valence-electron chi connectivity index (χ2n) is 9.44. The average molecular weight is 489 g/mol. The fourth-order valence-corrected chi connectivity index (χ4v) is 5.86. The Labute approximate surface area is 195 Å². The van der Waals surface area contributed by atoms with Gasteiger partial charge in [0.25, 0.3) is 0 Å². The van der Waals surface area contributed by atoms with Crippen LogP contribution in [0.3, 0.4) is 0 Å². The Morgan fingerprint density at radius 3 is 2.50 bits per heavy atom. The van der Waals surface area contributed by atoms with Crippen LogP contribution in [0.2, 0.25) is 5.28 Å². The molecule has 2 fully saturated rings. The Morgan fingerprint density at radius 2 is 1.94 bits per heavy atom. The zero-order chi connectivity index (χ0) is 23.7. The van der Waals surface area contributed by atoms with E-state index in [-0.39, 0.29) is 37.3 Å². The van der Waals surface area contributed by atoms with Crippen LogP contribution < -0.4 is 4.90 Å². The first-order chi connectivity index (χ1) is 14.9. The van der Waals surface area contributed by atoms with Crippen LogP contribution in [0.15, 0.2) is 6.07 Å². The van der Waals surface area contributed by atoms with E-state index < -0.39 is 26.3 Å². The van der Waals surface area contributed by atoms with Crippen molar-refractivity contribution in [3.8, 4) is 0 Å². The zero-order valence-corrected chi connectivity index (χ0v) is 21.0. The third kappa shape index (κ3) is 5.28. The van der Waals surface area contributed by atoms with Gasteiger partial charge in [0, 0.05) is 32.0 Å². The minimum absolute atomic E-state index is 0.0106. The molecule has 1 amide bonds. The lowest BCUT2D eigenvalue weighted by molar-refractivity contribution is 0.0191. The van der Waals surface area contributed by atoms with Crippen molar-refractivity contribution in [2.45, 2.75) is 63.3 Å². The summed E-state index contributed by atoms with van der Waals surface area (Å²) in [6, 6.07) is 1.87. The number of carbonyl (C=O) groups excluding carboxylic acids is 1. The lowest BCUT2D eigenvalue weighted by Gasteiger charge is -2.41. The van der Waals surface area contributed by atoms with Gasteiger partial charge in [-0.2, -0.15) is 0 Å². The maximum Gasteiger partial charge on any atom is 0.410 e. The normalized spacial score (nSPS) is 22.0. The monoisotopic (exact) mass is 488 g/mol. The largest absolute Gasteiger partial charge is 0.444 e. The molecule has 0 aromatic carbocycles. The van der Waals surface area contributed by atoms with E-state index in [4.69, 9.17) is 21.1 Å². The van der Waals surface area contributed by atoms with Crippen LogP contribution in [-0.4, -0.2) is 80.1 Å². The molecular weight excluding hydrogens is 456 g/mol. The second-order valence-corrected chi connectivity index (χ2v) is 12.1. The molecule has 2 aliphatic rings. The molecule has 1 aromatic rings. The smallest absolute Gasteiger partial charge is 0.410 e. The number of rotatable bonds is 4. The molecule has 2 saturated heterocycles. The molecule has 180 valence electrons. The van der Waals surface area contributed by atoms with E-state index in [2.05, 4.69) is 21.8 Å². The number of anilines is 1. The predicted octanol–water partition coefficient (Wildman–Crippen LogP) is 3.02. The maximum atomic E-state index is 13.1. The van der Waals surface area contributed by atoms with Crippen LogP contribution in [-0.2, 0) is 24.1 Å². The molecule has 0 radical (unpaired) electrons. The Balaban J connectivity index is 1.93. The molecule has 0 saturated carbocycles. The molecule has 32 heavy (non-hydrogen) atoms. The van der Waals surface area contributed by atoms with Gasteiger partial charge in [-0.25, -0.2) is 23.2 Å². The zero-order valence-electron chi connectivity index (χ0n) is 19.4. The molecule has 0 unspecified atom stereocenters. The van der Waals surface area contributed by atoms with Gasteiger partial charge in [0.1, 0.15) is 16.2 Å². The fraction of sp³-hybridized carbons (Fsp3) is 0.762. The molecule has 1 aromatic heterocycles. The minimum Gasteiger partial charge on any atom is -0.444 e. The van der Waals surface area contributed by atoms with Crippen molar-refractivity contribution >= 4 is 33.3 Å². The van der Waals surface area contributed by atoms with E-state index in [1.165, 1.54) is 6.26 Å². The fourth-order valence-electron chi connectivity index (χ4n) is 4.27. The number of sulfone groups is 1. The van der Waals surface area contributed by atoms with E-state index in [0.717, 1.165) is 6.42 Å². The van der Waals surface area contributed by atoms with Crippen molar-refractivity contribution in [1.82, 2.24) is 14.9 Å². The lowest BCUT2D eigenvalue weighted by Crippen LogP contribution is -2.50. The molecule has 0 aliphatic carbocycles. The average Bonchev–Trinajstić information content (AvgIpc) is 2.71. The molecule has 3 rings (SSSR count). The molecule has 3 heterocycles. The SMILES string of the molecule is CC[C@H]1COCCN1c1cc(C2(S(C)(=O)=O)CCN(C(=O)OC(C)(C)C)CC2)nc(Cl)n1.